The van der Waals surface area contributed by atoms with E-state index in [2.05, 4.69) is 5.32 Å². The van der Waals surface area contributed by atoms with Gasteiger partial charge in [0.25, 0.3) is 0 Å². The van der Waals surface area contributed by atoms with Crippen molar-refractivity contribution in [2.24, 2.45) is 0 Å². The van der Waals surface area contributed by atoms with Crippen molar-refractivity contribution in [2.75, 3.05) is 11.5 Å². The first-order valence-corrected chi connectivity index (χ1v) is 8.04. The minimum Gasteiger partial charge on any atom is -0.310 e. The number of halogens is 2. The van der Waals surface area contributed by atoms with Crippen LogP contribution in [0.15, 0.2) is 18.2 Å². The fraction of sp³-hybridized carbons (Fsp3) is 0.500. The molecule has 6 heteroatoms. The normalized spacial score (nSPS) is 19.9. The van der Waals surface area contributed by atoms with Crippen LogP contribution >= 0.6 is 11.6 Å². The summed E-state index contributed by atoms with van der Waals surface area (Å²) >= 11 is 5.69. The largest absolute Gasteiger partial charge is 0.310 e. The quantitative estimate of drug-likeness (QED) is 0.928. The summed E-state index contributed by atoms with van der Waals surface area (Å²) in [6.45, 7) is 0.574. The van der Waals surface area contributed by atoms with E-state index in [-0.39, 0.29) is 22.6 Å². The zero-order chi connectivity index (χ0) is 13.2. The van der Waals surface area contributed by atoms with E-state index in [0.29, 0.717) is 19.4 Å². The van der Waals surface area contributed by atoms with Gasteiger partial charge in [-0.1, -0.05) is 17.7 Å². The van der Waals surface area contributed by atoms with Crippen LogP contribution in [0.3, 0.4) is 0 Å². The third-order valence-electron chi connectivity index (χ3n) is 3.13. The van der Waals surface area contributed by atoms with E-state index in [1.807, 2.05) is 0 Å². The Hall–Kier alpha value is -0.650. The number of sulfone groups is 1. The van der Waals surface area contributed by atoms with Crippen LogP contribution in [-0.4, -0.2) is 26.0 Å². The topological polar surface area (TPSA) is 46.2 Å². The van der Waals surface area contributed by atoms with Gasteiger partial charge in [-0.15, -0.1) is 0 Å². The van der Waals surface area contributed by atoms with Gasteiger partial charge < -0.3 is 5.32 Å². The van der Waals surface area contributed by atoms with Gasteiger partial charge in [0.1, 0.15) is 15.7 Å². The molecule has 18 heavy (non-hydrogen) atoms. The van der Waals surface area contributed by atoms with Gasteiger partial charge in [-0.3, -0.25) is 0 Å². The lowest BCUT2D eigenvalue weighted by atomic mass is 10.1. The molecule has 0 amide bonds. The van der Waals surface area contributed by atoms with Gasteiger partial charge in [0, 0.05) is 12.6 Å². The Kier molecular flexibility index (Phi) is 4.25. The number of hydrogen-bond donors (Lipinski definition) is 1. The van der Waals surface area contributed by atoms with Crippen LogP contribution in [0.4, 0.5) is 4.39 Å². The van der Waals surface area contributed by atoms with Gasteiger partial charge in [0.2, 0.25) is 0 Å². The Morgan fingerprint density at radius 3 is 2.61 bits per heavy atom. The predicted molar refractivity (Wildman–Crippen MR) is 69.9 cm³/mol. The molecule has 3 nitrogen and oxygen atoms in total. The number of hydrogen-bond acceptors (Lipinski definition) is 3. The number of benzene rings is 1. The van der Waals surface area contributed by atoms with E-state index in [1.165, 1.54) is 6.07 Å². The molecule has 1 fully saturated rings. The summed E-state index contributed by atoms with van der Waals surface area (Å²) in [5, 5.41) is 3.39. The van der Waals surface area contributed by atoms with Crippen LogP contribution < -0.4 is 5.32 Å². The van der Waals surface area contributed by atoms with Crippen LogP contribution in [0.25, 0.3) is 0 Å². The van der Waals surface area contributed by atoms with Crippen LogP contribution in [0, 0.1) is 5.82 Å². The molecule has 0 unspecified atom stereocenters. The zero-order valence-electron chi connectivity index (χ0n) is 9.83. The smallest absolute Gasteiger partial charge is 0.150 e. The van der Waals surface area contributed by atoms with E-state index in [0.717, 1.165) is 5.56 Å². The zero-order valence-corrected chi connectivity index (χ0v) is 11.4. The fourth-order valence-electron chi connectivity index (χ4n) is 2.01. The van der Waals surface area contributed by atoms with E-state index >= 15 is 0 Å². The Balaban J connectivity index is 1.87. The number of rotatable bonds is 3. The highest BCUT2D eigenvalue weighted by Gasteiger charge is 2.22. The van der Waals surface area contributed by atoms with E-state index in [9.17, 15) is 12.8 Å². The first-order chi connectivity index (χ1) is 8.46. The molecule has 0 atom stereocenters. The molecule has 1 aliphatic heterocycles. The van der Waals surface area contributed by atoms with Crippen molar-refractivity contribution in [2.45, 2.75) is 25.4 Å². The Morgan fingerprint density at radius 1 is 1.33 bits per heavy atom. The minimum atomic E-state index is -2.82. The third-order valence-corrected chi connectivity index (χ3v) is 5.14. The van der Waals surface area contributed by atoms with Crippen molar-refractivity contribution < 1.29 is 12.8 Å². The molecule has 0 spiro atoms. The highest BCUT2D eigenvalue weighted by Crippen LogP contribution is 2.17. The van der Waals surface area contributed by atoms with Crippen molar-refractivity contribution in [3.05, 3.63) is 34.6 Å². The second-order valence-corrected chi connectivity index (χ2v) is 7.27. The lowest BCUT2D eigenvalue weighted by Crippen LogP contribution is -2.37. The second kappa shape index (κ2) is 5.55. The summed E-state index contributed by atoms with van der Waals surface area (Å²) in [6, 6.07) is 4.81. The fourth-order valence-corrected chi connectivity index (χ4v) is 3.70. The lowest BCUT2D eigenvalue weighted by Gasteiger charge is -2.23. The molecule has 0 bridgehead atoms. The standard InChI is InChI=1S/C12H15ClFNO2S/c13-11-7-9(1-2-12(11)14)8-15-10-3-5-18(16,17)6-4-10/h1-2,7,10,15H,3-6,8H2. The molecule has 1 aliphatic rings. The molecule has 1 aromatic rings. The summed E-state index contributed by atoms with van der Waals surface area (Å²) in [5.74, 6) is 0.0631. The minimum absolute atomic E-state index is 0.112. The maximum Gasteiger partial charge on any atom is 0.150 e. The maximum atomic E-state index is 13.0. The first kappa shape index (κ1) is 13.8. The van der Waals surface area contributed by atoms with Gasteiger partial charge in [-0.25, -0.2) is 12.8 Å². The van der Waals surface area contributed by atoms with Gasteiger partial charge in [0.05, 0.1) is 16.5 Å². The summed E-state index contributed by atoms with van der Waals surface area (Å²) in [4.78, 5) is 0. The van der Waals surface area contributed by atoms with Crippen LogP contribution in [0.1, 0.15) is 18.4 Å². The summed E-state index contributed by atoms with van der Waals surface area (Å²) in [5.41, 5.74) is 0.898. The molecule has 1 heterocycles. The van der Waals surface area contributed by atoms with Crippen molar-refractivity contribution >= 4 is 21.4 Å². The highest BCUT2D eigenvalue weighted by atomic mass is 35.5. The molecule has 0 aromatic heterocycles. The highest BCUT2D eigenvalue weighted by molar-refractivity contribution is 7.91. The third kappa shape index (κ3) is 3.67. The average Bonchev–Trinajstić information content (AvgIpc) is 2.32. The van der Waals surface area contributed by atoms with Gasteiger partial charge >= 0.3 is 0 Å². The second-order valence-electron chi connectivity index (χ2n) is 4.56. The van der Waals surface area contributed by atoms with Crippen molar-refractivity contribution in [1.29, 1.82) is 0 Å². The molecular formula is C12H15ClFNO2S. The maximum absolute atomic E-state index is 13.0. The van der Waals surface area contributed by atoms with Crippen molar-refractivity contribution in [3.8, 4) is 0 Å². The van der Waals surface area contributed by atoms with Crippen molar-refractivity contribution in [1.82, 2.24) is 5.32 Å². The average molecular weight is 292 g/mol. The molecule has 100 valence electrons. The van der Waals surface area contributed by atoms with Crippen LogP contribution in [0.2, 0.25) is 5.02 Å². The van der Waals surface area contributed by atoms with Crippen LogP contribution in [-0.2, 0) is 16.4 Å². The SMILES string of the molecule is O=S1(=O)CCC(NCc2ccc(F)c(Cl)c2)CC1. The van der Waals surface area contributed by atoms with Gasteiger partial charge in [0.15, 0.2) is 0 Å². The van der Waals surface area contributed by atoms with E-state index in [4.69, 9.17) is 11.6 Å². The van der Waals surface area contributed by atoms with Crippen LogP contribution in [0.5, 0.6) is 0 Å². The molecule has 0 aliphatic carbocycles. The summed E-state index contributed by atoms with van der Waals surface area (Å²) in [7, 11) is -2.82. The van der Waals surface area contributed by atoms with Crippen molar-refractivity contribution in [3.63, 3.8) is 0 Å². The first-order valence-electron chi connectivity index (χ1n) is 5.84. The molecule has 1 aromatic carbocycles. The van der Waals surface area contributed by atoms with E-state index in [1.54, 1.807) is 12.1 Å². The molecular weight excluding hydrogens is 277 g/mol. The molecule has 0 radical (unpaired) electrons. The van der Waals surface area contributed by atoms with Gasteiger partial charge in [-0.05, 0) is 30.5 Å². The monoisotopic (exact) mass is 291 g/mol. The number of nitrogens with one attached hydrogen (secondary N) is 1. The lowest BCUT2D eigenvalue weighted by molar-refractivity contribution is 0.463. The Morgan fingerprint density at radius 2 is 2.00 bits per heavy atom. The Bertz CT molecular complexity index is 519. The summed E-state index contributed by atoms with van der Waals surface area (Å²) in [6.07, 6.45) is 1.27. The Labute approximate surface area is 111 Å². The molecule has 1 N–H and O–H groups in total. The van der Waals surface area contributed by atoms with E-state index < -0.39 is 15.7 Å². The summed E-state index contributed by atoms with van der Waals surface area (Å²) < 4.78 is 35.5. The molecule has 1 saturated heterocycles. The molecule has 0 saturated carbocycles. The van der Waals surface area contributed by atoms with Gasteiger partial charge in [-0.2, -0.15) is 0 Å². The predicted octanol–water partition coefficient (Wildman–Crippen LogP) is 2.15. The molecule has 2 rings (SSSR count).